The number of thioether (sulfide) groups is 2. The molecule has 19 heteroatoms. The monoisotopic (exact) mass is 1030 g/mol. The summed E-state index contributed by atoms with van der Waals surface area (Å²) in [7, 11) is 0. The number of azide groups is 1. The van der Waals surface area contributed by atoms with Crippen LogP contribution in [0.15, 0.2) is 39.4 Å². The van der Waals surface area contributed by atoms with E-state index in [4.69, 9.17) is 31.2 Å². The maximum atomic E-state index is 13.0. The van der Waals surface area contributed by atoms with Crippen LogP contribution in [-0.4, -0.2) is 147 Å². The highest BCUT2D eigenvalue weighted by Gasteiger charge is 2.41. The largest absolute Gasteiger partial charge is 0.387 e. The summed E-state index contributed by atoms with van der Waals surface area (Å²) in [4.78, 5) is 52.4. The van der Waals surface area contributed by atoms with Gasteiger partial charge in [-0.05, 0) is 93.6 Å². The van der Waals surface area contributed by atoms with Crippen LogP contribution in [0.3, 0.4) is 0 Å². The summed E-state index contributed by atoms with van der Waals surface area (Å²) in [5, 5.41) is 14.0. The van der Waals surface area contributed by atoms with Crippen LogP contribution < -0.4 is 27.4 Å². The Labute approximate surface area is 432 Å². The van der Waals surface area contributed by atoms with E-state index in [0.29, 0.717) is 106 Å². The van der Waals surface area contributed by atoms with Crippen molar-refractivity contribution >= 4 is 52.9 Å². The van der Waals surface area contributed by atoms with Crippen molar-refractivity contribution in [1.29, 1.82) is 0 Å². The Morgan fingerprint density at radius 1 is 0.690 bits per heavy atom. The van der Waals surface area contributed by atoms with E-state index in [1.54, 1.807) is 0 Å². The molecule has 0 spiro atoms. The van der Waals surface area contributed by atoms with Crippen molar-refractivity contribution in [3.8, 4) is 0 Å². The van der Waals surface area contributed by atoms with Crippen molar-refractivity contribution in [2.75, 3.05) is 83.9 Å². The number of nitrogens with one attached hydrogen (secondary N) is 3. The maximum absolute atomic E-state index is 13.0. The van der Waals surface area contributed by atoms with E-state index < -0.39 is 0 Å². The zero-order valence-electron chi connectivity index (χ0n) is 42.6. The van der Waals surface area contributed by atoms with Gasteiger partial charge in [-0.3, -0.25) is 24.3 Å². The highest BCUT2D eigenvalue weighted by molar-refractivity contribution is 8.00. The van der Waals surface area contributed by atoms with E-state index in [0.717, 1.165) is 159 Å². The average Bonchev–Trinajstić information content (AvgIpc) is 4.14. The zero-order valence-corrected chi connectivity index (χ0v) is 44.3. The molecule has 5 rings (SSSR count). The smallest absolute Gasteiger partial charge is 0.219 e. The molecule has 0 bridgehead atoms. The standard InChI is InChI=1S/C52H87N11O6S2/c53-47-36-42-38-70-45(50(42)60-47)17-7-9-19-48(65)56-25-11-3-1-5-13-28-63(29-14-6-2-4-12-26-57-49(66)20-10-8-18-46-51-43(39-71-46)59-52(54)61-51)37-40-21-23-41(24-22-40)44(64)16-15-30-67-32-34-69-35-33-68-31-27-58-62-55/h21-24,42-43,45-46,50-51H,1-20,25-39H2,(H2,53,60)(H,56,65)(H,57,66)(H3,54,59,61). The van der Waals surface area contributed by atoms with Gasteiger partial charge in [-0.25, -0.2) is 4.99 Å². The van der Waals surface area contributed by atoms with Crippen molar-refractivity contribution in [2.45, 2.75) is 170 Å². The van der Waals surface area contributed by atoms with Crippen molar-refractivity contribution < 1.29 is 28.6 Å². The number of amides is 2. The van der Waals surface area contributed by atoms with Crippen LogP contribution in [0.2, 0.25) is 0 Å². The fourth-order valence-corrected chi connectivity index (χ4v) is 13.0. The van der Waals surface area contributed by atoms with Crippen molar-refractivity contribution in [3.63, 3.8) is 0 Å². The number of rotatable bonds is 42. The maximum Gasteiger partial charge on any atom is 0.219 e. The van der Waals surface area contributed by atoms with Gasteiger partial charge in [0.1, 0.15) is 0 Å². The predicted octanol–water partition coefficient (Wildman–Crippen LogP) is 7.70. The van der Waals surface area contributed by atoms with Gasteiger partial charge in [0.05, 0.1) is 57.0 Å². The normalized spacial score (nSPS) is 21.1. The number of Topliss-reactive ketones (excluding diaryl/α,β-unsaturated/α-hetero) is 1. The lowest BCUT2D eigenvalue weighted by Crippen LogP contribution is -2.38. The molecule has 0 aromatic heterocycles. The molecule has 1 aromatic rings. The van der Waals surface area contributed by atoms with Crippen LogP contribution in [0.1, 0.15) is 151 Å². The molecular formula is C52H87N11O6S2. The summed E-state index contributed by atoms with van der Waals surface area (Å²) in [6.45, 7) is 7.40. The van der Waals surface area contributed by atoms with Crippen molar-refractivity contribution in [1.82, 2.24) is 20.9 Å². The van der Waals surface area contributed by atoms with E-state index in [2.05, 4.69) is 53.0 Å². The number of fused-ring (bicyclic) bond motifs is 2. The number of guanidine groups is 1. The SMILES string of the molecule is [N-]=[N+]=NCCOCCOCCOCCCC(=O)c1ccc(CN(CCCCCCCNC(=O)CCCCC2SCC3CC(N)=NC32)CCCCCCCNC(=O)CCCCC2SCC3NC(N)=NC32)cc1. The number of ketones is 1. The second-order valence-electron chi connectivity index (χ2n) is 19.6. The third kappa shape index (κ3) is 23.9. The molecular weight excluding hydrogens is 939 g/mol. The Morgan fingerprint density at radius 2 is 1.27 bits per heavy atom. The number of benzene rings is 1. The fourth-order valence-electron chi connectivity index (χ4n) is 9.88. The summed E-state index contributed by atoms with van der Waals surface area (Å²) in [5.41, 5.74) is 22.1. The van der Waals surface area contributed by atoms with Crippen LogP contribution in [0.5, 0.6) is 0 Å². The first-order valence-corrected chi connectivity index (χ1v) is 29.2. The van der Waals surface area contributed by atoms with Crippen LogP contribution in [-0.2, 0) is 30.3 Å². The Morgan fingerprint density at radius 3 is 1.92 bits per heavy atom. The van der Waals surface area contributed by atoms with Gasteiger partial charge in [0.2, 0.25) is 11.8 Å². The lowest BCUT2D eigenvalue weighted by molar-refractivity contribution is -0.122. The Hall–Kier alpha value is -3.58. The van der Waals surface area contributed by atoms with Gasteiger partial charge < -0.3 is 41.6 Å². The molecule has 0 saturated carbocycles. The summed E-state index contributed by atoms with van der Waals surface area (Å²) < 4.78 is 16.4. The summed E-state index contributed by atoms with van der Waals surface area (Å²) in [5.74, 6) is 4.71. The van der Waals surface area contributed by atoms with E-state index in [-0.39, 0.29) is 23.6 Å². The van der Waals surface area contributed by atoms with Crippen LogP contribution in [0.4, 0.5) is 0 Å². The minimum absolute atomic E-state index is 0.125. The molecule has 6 atom stereocenters. The van der Waals surface area contributed by atoms with Gasteiger partial charge in [0.25, 0.3) is 0 Å². The number of aliphatic imine (C=N–C) groups is 2. The predicted molar refractivity (Wildman–Crippen MR) is 289 cm³/mol. The first-order valence-electron chi connectivity index (χ1n) is 27.1. The number of carbonyl (C=O) groups is 3. The molecule has 0 radical (unpaired) electrons. The number of nitrogens with zero attached hydrogens (tertiary/aromatic N) is 6. The van der Waals surface area contributed by atoms with Gasteiger partial charge in [0, 0.05) is 85.2 Å². The average molecular weight is 1030 g/mol. The van der Waals surface area contributed by atoms with Gasteiger partial charge in [-0.1, -0.05) is 80.7 Å². The summed E-state index contributed by atoms with van der Waals surface area (Å²) in [6.07, 6.45) is 20.5. The highest BCUT2D eigenvalue weighted by Crippen LogP contribution is 2.41. The van der Waals surface area contributed by atoms with Crippen LogP contribution in [0.25, 0.3) is 10.4 Å². The number of amidine groups is 1. The zero-order chi connectivity index (χ0) is 50.1. The van der Waals surface area contributed by atoms with E-state index in [1.807, 2.05) is 35.7 Å². The number of ether oxygens (including phenoxy) is 3. The van der Waals surface area contributed by atoms with Gasteiger partial charge in [-0.15, -0.1) is 0 Å². The van der Waals surface area contributed by atoms with Gasteiger partial charge >= 0.3 is 0 Å². The first kappa shape index (κ1) is 58.3. The number of carbonyl (C=O) groups excluding carboxylic acids is 3. The third-order valence-electron chi connectivity index (χ3n) is 13.8. The molecule has 2 saturated heterocycles. The minimum atomic E-state index is 0.125. The molecule has 2 amide bonds. The van der Waals surface area contributed by atoms with E-state index in [9.17, 15) is 14.4 Å². The van der Waals surface area contributed by atoms with Gasteiger partial charge in [0.15, 0.2) is 11.7 Å². The number of unbranched alkanes of at least 4 members (excludes halogenated alkanes) is 10. The summed E-state index contributed by atoms with van der Waals surface area (Å²) in [6, 6.07) is 9.20. The van der Waals surface area contributed by atoms with Crippen molar-refractivity contribution in [2.24, 2.45) is 32.5 Å². The second kappa shape index (κ2) is 35.6. The third-order valence-corrected chi connectivity index (χ3v) is 16.9. The van der Waals surface area contributed by atoms with E-state index >= 15 is 0 Å². The molecule has 4 aliphatic rings. The topological polar surface area (TPSA) is 244 Å². The Bertz CT molecular complexity index is 1730. The number of nitrogens with two attached hydrogens (primary N) is 2. The molecule has 2 fully saturated rings. The molecule has 71 heavy (non-hydrogen) atoms. The molecule has 1 aromatic carbocycles. The quantitative estimate of drug-likeness (QED) is 0.0139. The highest BCUT2D eigenvalue weighted by atomic mass is 32.2. The molecule has 7 N–H and O–H groups in total. The number of hydrogen-bond acceptors (Lipinski definition) is 15. The van der Waals surface area contributed by atoms with Crippen LogP contribution >= 0.6 is 23.5 Å². The van der Waals surface area contributed by atoms with Crippen molar-refractivity contribution in [3.05, 3.63) is 45.8 Å². The molecule has 398 valence electrons. The lowest BCUT2D eigenvalue weighted by Gasteiger charge is -2.23. The van der Waals surface area contributed by atoms with E-state index in [1.165, 1.54) is 11.3 Å². The molecule has 0 aliphatic carbocycles. The summed E-state index contributed by atoms with van der Waals surface area (Å²) >= 11 is 4.02. The fraction of sp³-hybridized carbons (Fsp3) is 0.788. The van der Waals surface area contributed by atoms with Crippen LogP contribution in [0, 0.1) is 5.92 Å². The molecule has 6 unspecified atom stereocenters. The molecule has 4 heterocycles. The number of hydrogen-bond donors (Lipinski definition) is 5. The Balaban J connectivity index is 0.906. The molecule has 4 aliphatic heterocycles. The lowest BCUT2D eigenvalue weighted by atomic mass is 9.96. The Kier molecular flexibility index (Phi) is 29.2. The second-order valence-corrected chi connectivity index (χ2v) is 22.1. The molecule has 17 nitrogen and oxygen atoms in total. The first-order chi connectivity index (χ1) is 34.8. The minimum Gasteiger partial charge on any atom is -0.387 e. The van der Waals surface area contributed by atoms with Gasteiger partial charge in [-0.2, -0.15) is 23.5 Å².